The first-order valence-corrected chi connectivity index (χ1v) is 6.37. The van der Waals surface area contributed by atoms with Gasteiger partial charge in [0.15, 0.2) is 0 Å². The Kier molecular flexibility index (Phi) is 2.30. The molecular weight excluding hydrogens is 266 g/mol. The normalized spacial score (nSPS) is 18.6. The van der Waals surface area contributed by atoms with Crippen LogP contribution in [0, 0.1) is 0 Å². The van der Waals surface area contributed by atoms with E-state index in [1.165, 1.54) is 6.42 Å². The fraction of sp³-hybridized carbons (Fsp3) is 0.417. The van der Waals surface area contributed by atoms with Gasteiger partial charge in [-0.25, -0.2) is 4.98 Å². The molecule has 0 radical (unpaired) electrons. The number of fused-ring (bicyclic) bond motifs is 1. The highest BCUT2D eigenvalue weighted by Gasteiger charge is 2.33. The van der Waals surface area contributed by atoms with Gasteiger partial charge in [0.2, 0.25) is 0 Å². The molecule has 1 aliphatic rings. The zero-order chi connectivity index (χ0) is 11.2. The maximum Gasteiger partial charge on any atom is 0.109 e. The summed E-state index contributed by atoms with van der Waals surface area (Å²) < 4.78 is 1.07. The van der Waals surface area contributed by atoms with Crippen LogP contribution in [0.5, 0.6) is 0 Å². The van der Waals surface area contributed by atoms with Crippen LogP contribution in [0.1, 0.15) is 25.1 Å². The first kappa shape index (κ1) is 10.3. The molecule has 0 saturated heterocycles. The molecule has 1 saturated carbocycles. The molecule has 0 unspecified atom stereocenters. The molecule has 0 aliphatic heterocycles. The van der Waals surface area contributed by atoms with Gasteiger partial charge in [-0.2, -0.15) is 0 Å². The molecule has 1 aliphatic carbocycles. The van der Waals surface area contributed by atoms with Crippen molar-refractivity contribution in [3.8, 4) is 0 Å². The first-order chi connectivity index (χ1) is 7.65. The van der Waals surface area contributed by atoms with E-state index in [1.807, 2.05) is 12.1 Å². The standard InChI is InChI=1S/C12H14BrN3/c13-8-2-3-9-10(6-8)16-11(15-9)7-12(14)4-1-5-12/h2-3,6H,1,4-5,7,14H2,(H,15,16). The summed E-state index contributed by atoms with van der Waals surface area (Å²) in [5.74, 6) is 1.01. The molecule has 1 aromatic carbocycles. The van der Waals surface area contributed by atoms with E-state index >= 15 is 0 Å². The van der Waals surface area contributed by atoms with E-state index in [2.05, 4.69) is 32.0 Å². The summed E-state index contributed by atoms with van der Waals surface area (Å²) >= 11 is 3.46. The molecule has 1 fully saturated rings. The predicted octanol–water partition coefficient (Wildman–Crippen LogP) is 2.75. The minimum Gasteiger partial charge on any atom is -0.342 e. The van der Waals surface area contributed by atoms with E-state index in [0.717, 1.165) is 40.6 Å². The van der Waals surface area contributed by atoms with Crippen LogP contribution in [-0.4, -0.2) is 15.5 Å². The van der Waals surface area contributed by atoms with Crippen molar-refractivity contribution < 1.29 is 0 Å². The van der Waals surface area contributed by atoms with Gasteiger partial charge in [-0.1, -0.05) is 15.9 Å². The van der Waals surface area contributed by atoms with Gasteiger partial charge in [0.25, 0.3) is 0 Å². The Morgan fingerprint density at radius 2 is 2.25 bits per heavy atom. The van der Waals surface area contributed by atoms with E-state index in [0.29, 0.717) is 0 Å². The molecule has 16 heavy (non-hydrogen) atoms. The van der Waals surface area contributed by atoms with E-state index in [-0.39, 0.29) is 5.54 Å². The number of imidazole rings is 1. The molecule has 84 valence electrons. The van der Waals surface area contributed by atoms with Crippen molar-refractivity contribution in [3.63, 3.8) is 0 Å². The Balaban J connectivity index is 1.93. The number of hydrogen-bond donors (Lipinski definition) is 2. The second-order valence-electron chi connectivity index (χ2n) is 4.74. The van der Waals surface area contributed by atoms with Gasteiger partial charge >= 0.3 is 0 Å². The lowest BCUT2D eigenvalue weighted by Gasteiger charge is -2.37. The van der Waals surface area contributed by atoms with Crippen LogP contribution in [0.3, 0.4) is 0 Å². The topological polar surface area (TPSA) is 54.7 Å². The van der Waals surface area contributed by atoms with Crippen LogP contribution in [0.4, 0.5) is 0 Å². The van der Waals surface area contributed by atoms with Crippen molar-refractivity contribution in [2.75, 3.05) is 0 Å². The zero-order valence-corrected chi connectivity index (χ0v) is 10.5. The average molecular weight is 280 g/mol. The third-order valence-electron chi connectivity index (χ3n) is 3.36. The van der Waals surface area contributed by atoms with Crippen LogP contribution >= 0.6 is 15.9 Å². The summed E-state index contributed by atoms with van der Waals surface area (Å²) in [6, 6.07) is 6.08. The quantitative estimate of drug-likeness (QED) is 0.888. The summed E-state index contributed by atoms with van der Waals surface area (Å²) in [7, 11) is 0. The molecule has 0 spiro atoms. The second-order valence-corrected chi connectivity index (χ2v) is 5.65. The average Bonchev–Trinajstić information content (AvgIpc) is 2.56. The molecule has 2 aromatic rings. The highest BCUT2D eigenvalue weighted by atomic mass is 79.9. The Morgan fingerprint density at radius 1 is 1.44 bits per heavy atom. The fourth-order valence-electron chi connectivity index (χ4n) is 2.26. The summed E-state index contributed by atoms with van der Waals surface area (Å²) in [5, 5.41) is 0. The van der Waals surface area contributed by atoms with Crippen molar-refractivity contribution >= 4 is 27.0 Å². The summed E-state index contributed by atoms with van der Waals surface area (Å²) in [5.41, 5.74) is 8.30. The molecule has 1 heterocycles. The van der Waals surface area contributed by atoms with Gasteiger partial charge in [0, 0.05) is 16.4 Å². The van der Waals surface area contributed by atoms with Gasteiger partial charge in [-0.15, -0.1) is 0 Å². The van der Waals surface area contributed by atoms with E-state index in [1.54, 1.807) is 0 Å². The maximum absolute atomic E-state index is 6.22. The SMILES string of the molecule is NC1(Cc2nc3ccc(Br)cc3[nH]2)CCC1. The third-order valence-corrected chi connectivity index (χ3v) is 3.86. The van der Waals surface area contributed by atoms with Crippen molar-refractivity contribution in [1.29, 1.82) is 0 Å². The van der Waals surface area contributed by atoms with Crippen molar-refractivity contribution in [1.82, 2.24) is 9.97 Å². The number of H-pyrrole nitrogens is 1. The summed E-state index contributed by atoms with van der Waals surface area (Å²) in [4.78, 5) is 7.90. The van der Waals surface area contributed by atoms with Crippen molar-refractivity contribution in [3.05, 3.63) is 28.5 Å². The van der Waals surface area contributed by atoms with Crippen molar-refractivity contribution in [2.24, 2.45) is 5.73 Å². The lowest BCUT2D eigenvalue weighted by atomic mass is 9.75. The number of hydrogen-bond acceptors (Lipinski definition) is 2. The van der Waals surface area contributed by atoms with E-state index in [9.17, 15) is 0 Å². The lowest BCUT2D eigenvalue weighted by molar-refractivity contribution is 0.244. The molecule has 3 rings (SSSR count). The van der Waals surface area contributed by atoms with Crippen LogP contribution in [-0.2, 0) is 6.42 Å². The molecule has 1 aromatic heterocycles. The minimum absolute atomic E-state index is 0.00882. The number of aromatic nitrogens is 2. The minimum atomic E-state index is -0.00882. The first-order valence-electron chi connectivity index (χ1n) is 5.58. The molecule has 3 nitrogen and oxygen atoms in total. The predicted molar refractivity (Wildman–Crippen MR) is 68.3 cm³/mol. The Labute approximate surface area is 103 Å². The van der Waals surface area contributed by atoms with Crippen LogP contribution in [0.25, 0.3) is 11.0 Å². The number of halogens is 1. The number of benzene rings is 1. The molecule has 0 atom stereocenters. The van der Waals surface area contributed by atoms with Gasteiger partial charge in [-0.05, 0) is 37.5 Å². The number of nitrogens with one attached hydrogen (secondary N) is 1. The highest BCUT2D eigenvalue weighted by Crippen LogP contribution is 2.32. The van der Waals surface area contributed by atoms with Crippen molar-refractivity contribution in [2.45, 2.75) is 31.2 Å². The van der Waals surface area contributed by atoms with Gasteiger partial charge < -0.3 is 10.7 Å². The van der Waals surface area contributed by atoms with Crippen LogP contribution in [0.2, 0.25) is 0 Å². The largest absolute Gasteiger partial charge is 0.342 e. The van der Waals surface area contributed by atoms with Gasteiger partial charge in [-0.3, -0.25) is 0 Å². The molecule has 4 heteroatoms. The van der Waals surface area contributed by atoms with Gasteiger partial charge in [0.05, 0.1) is 11.0 Å². The monoisotopic (exact) mass is 279 g/mol. The number of nitrogens with two attached hydrogens (primary N) is 1. The Bertz CT molecular complexity index is 528. The van der Waals surface area contributed by atoms with Crippen LogP contribution in [0.15, 0.2) is 22.7 Å². The van der Waals surface area contributed by atoms with E-state index in [4.69, 9.17) is 5.73 Å². The number of rotatable bonds is 2. The van der Waals surface area contributed by atoms with Crippen LogP contribution < -0.4 is 5.73 Å². The second kappa shape index (κ2) is 3.57. The number of aromatic amines is 1. The maximum atomic E-state index is 6.22. The summed E-state index contributed by atoms with van der Waals surface area (Å²) in [6.45, 7) is 0. The van der Waals surface area contributed by atoms with Gasteiger partial charge in [0.1, 0.15) is 5.82 Å². The Morgan fingerprint density at radius 3 is 2.94 bits per heavy atom. The smallest absolute Gasteiger partial charge is 0.109 e. The third kappa shape index (κ3) is 1.76. The number of nitrogens with zero attached hydrogens (tertiary/aromatic N) is 1. The van der Waals surface area contributed by atoms with E-state index < -0.39 is 0 Å². The summed E-state index contributed by atoms with van der Waals surface area (Å²) in [6.07, 6.45) is 4.35. The molecular formula is C12H14BrN3. The molecule has 0 bridgehead atoms. The Hall–Kier alpha value is -0.870. The highest BCUT2D eigenvalue weighted by molar-refractivity contribution is 9.10. The fourth-order valence-corrected chi connectivity index (χ4v) is 2.62. The zero-order valence-electron chi connectivity index (χ0n) is 8.96. The molecule has 0 amide bonds. The lowest BCUT2D eigenvalue weighted by Crippen LogP contribution is -2.48. The molecule has 3 N–H and O–H groups in total.